The minimum absolute atomic E-state index is 0.367. The van der Waals surface area contributed by atoms with Gasteiger partial charge in [-0.25, -0.2) is 0 Å². The second kappa shape index (κ2) is 4.62. The predicted molar refractivity (Wildman–Crippen MR) is 37.0 cm³/mol. The second-order valence-corrected chi connectivity index (χ2v) is 2.14. The van der Waals surface area contributed by atoms with Crippen molar-refractivity contribution < 1.29 is 14.6 Å². The molecular formula is C6H15NO3. The van der Waals surface area contributed by atoms with E-state index < -0.39 is 12.6 Å². The Kier molecular flexibility index (Phi) is 4.55. The molecule has 0 aliphatic heterocycles. The van der Waals surface area contributed by atoms with Gasteiger partial charge in [0.05, 0.1) is 0 Å². The maximum absolute atomic E-state index is 8.69. The van der Waals surface area contributed by atoms with Crippen molar-refractivity contribution in [2.24, 2.45) is 5.73 Å². The number of aliphatic hydroxyl groups excluding tert-OH is 1. The van der Waals surface area contributed by atoms with Gasteiger partial charge in [0.2, 0.25) is 0 Å². The zero-order chi connectivity index (χ0) is 8.15. The molecule has 3 N–H and O–H groups in total. The lowest BCUT2D eigenvalue weighted by atomic mass is 10.6. The van der Waals surface area contributed by atoms with Crippen LogP contribution >= 0.6 is 0 Å². The Balaban J connectivity index is 3.34. The Hall–Kier alpha value is -0.160. The molecule has 62 valence electrons. The van der Waals surface area contributed by atoms with Crippen LogP contribution in [0.3, 0.4) is 0 Å². The van der Waals surface area contributed by atoms with Crippen molar-refractivity contribution >= 4 is 0 Å². The lowest BCUT2D eigenvalue weighted by Crippen LogP contribution is -2.28. The van der Waals surface area contributed by atoms with E-state index in [-0.39, 0.29) is 6.23 Å². The largest absolute Gasteiger partial charge is 0.368 e. The van der Waals surface area contributed by atoms with Gasteiger partial charge in [-0.05, 0) is 20.8 Å². The summed E-state index contributed by atoms with van der Waals surface area (Å²) in [5.74, 6) is 0. The van der Waals surface area contributed by atoms with E-state index in [0.717, 1.165) is 0 Å². The minimum Gasteiger partial charge on any atom is -0.368 e. The SMILES string of the molecule is CC(N)OC(C)OC(C)O. The van der Waals surface area contributed by atoms with E-state index in [0.29, 0.717) is 0 Å². The summed E-state index contributed by atoms with van der Waals surface area (Å²) in [6.07, 6.45) is -1.64. The molecule has 0 bridgehead atoms. The van der Waals surface area contributed by atoms with E-state index in [4.69, 9.17) is 20.3 Å². The van der Waals surface area contributed by atoms with Crippen molar-refractivity contribution in [1.29, 1.82) is 0 Å². The fourth-order valence-corrected chi connectivity index (χ4v) is 0.612. The van der Waals surface area contributed by atoms with Crippen LogP contribution in [0.5, 0.6) is 0 Å². The molecule has 0 saturated heterocycles. The van der Waals surface area contributed by atoms with E-state index in [1.165, 1.54) is 6.92 Å². The average molecular weight is 149 g/mol. The zero-order valence-electron chi connectivity index (χ0n) is 6.57. The summed E-state index contributed by atoms with van der Waals surface area (Å²) in [5, 5.41) is 8.69. The standard InChI is InChI=1S/C6H15NO3/c1-4(7)9-6(3)10-5(2)8/h4-6,8H,7H2,1-3H3. The molecule has 4 heteroatoms. The lowest BCUT2D eigenvalue weighted by molar-refractivity contribution is -0.226. The van der Waals surface area contributed by atoms with Crippen LogP contribution in [0.1, 0.15) is 20.8 Å². The van der Waals surface area contributed by atoms with Crippen LogP contribution in [-0.2, 0) is 9.47 Å². The Labute approximate surface area is 60.9 Å². The number of ether oxygens (including phenoxy) is 2. The lowest BCUT2D eigenvalue weighted by Gasteiger charge is -2.17. The van der Waals surface area contributed by atoms with Crippen LogP contribution in [0.2, 0.25) is 0 Å². The topological polar surface area (TPSA) is 64.7 Å². The third-order valence-electron chi connectivity index (χ3n) is 0.795. The molecule has 0 rings (SSSR count). The molecule has 0 spiro atoms. The van der Waals surface area contributed by atoms with Crippen LogP contribution in [-0.4, -0.2) is 23.9 Å². The molecule has 0 radical (unpaired) electrons. The van der Waals surface area contributed by atoms with E-state index in [1.54, 1.807) is 13.8 Å². The van der Waals surface area contributed by atoms with Crippen molar-refractivity contribution in [3.8, 4) is 0 Å². The van der Waals surface area contributed by atoms with Crippen molar-refractivity contribution in [2.45, 2.75) is 39.6 Å². The summed E-state index contributed by atoms with van der Waals surface area (Å²) in [6.45, 7) is 4.89. The molecule has 0 aromatic carbocycles. The Morgan fingerprint density at radius 1 is 1.20 bits per heavy atom. The van der Waals surface area contributed by atoms with Crippen molar-refractivity contribution in [1.82, 2.24) is 0 Å². The van der Waals surface area contributed by atoms with Gasteiger partial charge in [-0.1, -0.05) is 0 Å². The molecule has 0 aliphatic carbocycles. The summed E-state index contributed by atoms with van der Waals surface area (Å²) in [5.41, 5.74) is 5.29. The summed E-state index contributed by atoms with van der Waals surface area (Å²) in [6, 6.07) is 0. The van der Waals surface area contributed by atoms with E-state index in [2.05, 4.69) is 0 Å². The molecule has 3 unspecified atom stereocenters. The first-order valence-corrected chi connectivity index (χ1v) is 3.27. The molecule has 0 aromatic heterocycles. The number of hydrogen-bond donors (Lipinski definition) is 2. The smallest absolute Gasteiger partial charge is 0.159 e. The average Bonchev–Trinajstić information content (AvgIpc) is 1.58. The molecule has 0 heterocycles. The van der Waals surface area contributed by atoms with E-state index in [9.17, 15) is 0 Å². The molecule has 0 aliphatic rings. The van der Waals surface area contributed by atoms with E-state index in [1.807, 2.05) is 0 Å². The van der Waals surface area contributed by atoms with Gasteiger partial charge < -0.3 is 20.3 Å². The third-order valence-corrected chi connectivity index (χ3v) is 0.795. The van der Waals surface area contributed by atoms with Crippen LogP contribution in [0.4, 0.5) is 0 Å². The van der Waals surface area contributed by atoms with Crippen molar-refractivity contribution in [3.63, 3.8) is 0 Å². The monoisotopic (exact) mass is 149 g/mol. The maximum Gasteiger partial charge on any atom is 0.159 e. The fraction of sp³-hybridized carbons (Fsp3) is 1.00. The van der Waals surface area contributed by atoms with Crippen molar-refractivity contribution in [2.75, 3.05) is 0 Å². The molecule has 0 fully saturated rings. The first kappa shape index (κ1) is 9.84. The molecule has 4 nitrogen and oxygen atoms in total. The Bertz CT molecular complexity index is 75.1. The summed E-state index contributed by atoms with van der Waals surface area (Å²) >= 11 is 0. The Morgan fingerprint density at radius 3 is 2.00 bits per heavy atom. The van der Waals surface area contributed by atoms with Crippen LogP contribution in [0.25, 0.3) is 0 Å². The first-order chi connectivity index (χ1) is 4.52. The number of aliphatic hydroxyl groups is 1. The molecule has 10 heavy (non-hydrogen) atoms. The molecule has 0 saturated carbocycles. The van der Waals surface area contributed by atoms with Gasteiger partial charge in [-0.3, -0.25) is 0 Å². The van der Waals surface area contributed by atoms with Gasteiger partial charge in [0.25, 0.3) is 0 Å². The highest BCUT2D eigenvalue weighted by molar-refractivity contribution is 4.37. The third kappa shape index (κ3) is 5.97. The quantitative estimate of drug-likeness (QED) is 0.552. The highest BCUT2D eigenvalue weighted by Crippen LogP contribution is 1.98. The molecular weight excluding hydrogens is 134 g/mol. The normalized spacial score (nSPS) is 20.1. The first-order valence-electron chi connectivity index (χ1n) is 3.27. The highest BCUT2D eigenvalue weighted by Gasteiger charge is 2.06. The summed E-state index contributed by atoms with van der Waals surface area (Å²) in [4.78, 5) is 0. The van der Waals surface area contributed by atoms with Gasteiger partial charge in [-0.15, -0.1) is 0 Å². The predicted octanol–water partition coefficient (Wildman–Crippen LogP) is 0.00860. The van der Waals surface area contributed by atoms with Gasteiger partial charge in [0.15, 0.2) is 12.6 Å². The Morgan fingerprint density at radius 2 is 1.70 bits per heavy atom. The van der Waals surface area contributed by atoms with Crippen LogP contribution in [0.15, 0.2) is 0 Å². The van der Waals surface area contributed by atoms with Crippen LogP contribution in [0, 0.1) is 0 Å². The van der Waals surface area contributed by atoms with Crippen LogP contribution < -0.4 is 5.73 Å². The van der Waals surface area contributed by atoms with Gasteiger partial charge in [0, 0.05) is 0 Å². The summed E-state index contributed by atoms with van der Waals surface area (Å²) in [7, 11) is 0. The van der Waals surface area contributed by atoms with Gasteiger partial charge in [0.1, 0.15) is 6.23 Å². The zero-order valence-corrected chi connectivity index (χ0v) is 6.57. The van der Waals surface area contributed by atoms with Crippen molar-refractivity contribution in [3.05, 3.63) is 0 Å². The van der Waals surface area contributed by atoms with Gasteiger partial charge >= 0.3 is 0 Å². The van der Waals surface area contributed by atoms with E-state index >= 15 is 0 Å². The molecule has 0 amide bonds. The minimum atomic E-state index is -0.811. The number of rotatable bonds is 4. The van der Waals surface area contributed by atoms with Gasteiger partial charge in [-0.2, -0.15) is 0 Å². The maximum atomic E-state index is 8.69. The number of hydrogen-bond acceptors (Lipinski definition) is 4. The fourth-order valence-electron chi connectivity index (χ4n) is 0.612. The number of nitrogens with two attached hydrogens (primary N) is 1. The highest BCUT2D eigenvalue weighted by atomic mass is 16.7. The molecule has 3 atom stereocenters. The summed E-state index contributed by atoms with van der Waals surface area (Å²) < 4.78 is 9.77. The molecule has 0 aromatic rings. The second-order valence-electron chi connectivity index (χ2n) is 2.14.